The summed E-state index contributed by atoms with van der Waals surface area (Å²) in [6, 6.07) is 1.30. The molecule has 0 aliphatic rings. The molecule has 174 valence electrons. The molecule has 0 aliphatic heterocycles. The first-order valence-electron chi connectivity index (χ1n) is 10.6. The van der Waals surface area contributed by atoms with Gasteiger partial charge in [-0.3, -0.25) is 9.59 Å². The van der Waals surface area contributed by atoms with Crippen LogP contribution in [-0.2, 0) is 20.8 Å². The van der Waals surface area contributed by atoms with Crippen molar-refractivity contribution in [3.8, 4) is 0 Å². The molecule has 0 radical (unpaired) electrons. The van der Waals surface area contributed by atoms with Crippen molar-refractivity contribution in [3.63, 3.8) is 0 Å². The lowest BCUT2D eigenvalue weighted by atomic mass is 9.81. The van der Waals surface area contributed by atoms with Crippen LogP contribution in [0.25, 0.3) is 11.0 Å². The number of rotatable bonds is 8. The molecular formula is C22H31BN2O7. The Kier molecular flexibility index (Phi) is 8.20. The lowest BCUT2D eigenvalue weighted by Crippen LogP contribution is -2.32. The standard InChI is InChI=1S/C22H31BN2O7/c1-7-31-21(28)17-12-25(11-14(13(2)3)8-18(26)32-22(4,5)6)20-16(19(17)27)9-15(10-24-20)23(29)30/h9-10,12-14,29-30H,7-8,11H2,1-6H3. The number of carbonyl (C=O) groups is 2. The summed E-state index contributed by atoms with van der Waals surface area (Å²) in [6.45, 7) is 11.4. The van der Waals surface area contributed by atoms with Crippen LogP contribution in [0.4, 0.5) is 0 Å². The Morgan fingerprint density at radius 1 is 1.25 bits per heavy atom. The van der Waals surface area contributed by atoms with E-state index in [0.29, 0.717) is 0 Å². The van der Waals surface area contributed by atoms with Gasteiger partial charge in [0.2, 0.25) is 5.43 Å². The highest BCUT2D eigenvalue weighted by Crippen LogP contribution is 2.22. The van der Waals surface area contributed by atoms with Crippen molar-refractivity contribution in [1.82, 2.24) is 9.55 Å². The summed E-state index contributed by atoms with van der Waals surface area (Å²) in [4.78, 5) is 42.0. The van der Waals surface area contributed by atoms with E-state index >= 15 is 0 Å². The van der Waals surface area contributed by atoms with Crippen LogP contribution in [-0.4, -0.2) is 50.9 Å². The molecular weight excluding hydrogens is 415 g/mol. The molecule has 2 heterocycles. The third-order valence-electron chi connectivity index (χ3n) is 4.95. The lowest BCUT2D eigenvalue weighted by molar-refractivity contribution is -0.156. The highest BCUT2D eigenvalue weighted by atomic mass is 16.6. The van der Waals surface area contributed by atoms with Crippen molar-refractivity contribution >= 4 is 35.6 Å². The number of hydrogen-bond donors (Lipinski definition) is 2. The second-order valence-electron chi connectivity index (χ2n) is 9.05. The number of fused-ring (bicyclic) bond motifs is 1. The maximum Gasteiger partial charge on any atom is 0.490 e. The van der Waals surface area contributed by atoms with Gasteiger partial charge in [0.05, 0.1) is 18.4 Å². The topological polar surface area (TPSA) is 128 Å². The van der Waals surface area contributed by atoms with Gasteiger partial charge in [-0.2, -0.15) is 0 Å². The summed E-state index contributed by atoms with van der Waals surface area (Å²) in [5.41, 5.74) is -1.12. The molecule has 1 atom stereocenters. The fourth-order valence-corrected chi connectivity index (χ4v) is 3.29. The van der Waals surface area contributed by atoms with Crippen LogP contribution < -0.4 is 10.9 Å². The van der Waals surface area contributed by atoms with Gasteiger partial charge in [0, 0.05) is 24.4 Å². The van der Waals surface area contributed by atoms with Gasteiger partial charge in [-0.15, -0.1) is 0 Å². The zero-order chi connectivity index (χ0) is 24.2. The molecule has 0 saturated carbocycles. The Labute approximate surface area is 187 Å². The fraction of sp³-hybridized carbons (Fsp3) is 0.545. The van der Waals surface area contributed by atoms with Gasteiger partial charge < -0.3 is 24.1 Å². The van der Waals surface area contributed by atoms with Crippen LogP contribution in [0.2, 0.25) is 0 Å². The lowest BCUT2D eigenvalue weighted by Gasteiger charge is -2.25. The van der Waals surface area contributed by atoms with Crippen LogP contribution in [0.1, 0.15) is 58.3 Å². The highest BCUT2D eigenvalue weighted by Gasteiger charge is 2.25. The van der Waals surface area contributed by atoms with E-state index in [-0.39, 0.29) is 59.4 Å². The van der Waals surface area contributed by atoms with Crippen molar-refractivity contribution in [1.29, 1.82) is 0 Å². The number of carbonyl (C=O) groups excluding carboxylic acids is 2. The van der Waals surface area contributed by atoms with Crippen LogP contribution in [0, 0.1) is 11.8 Å². The third-order valence-corrected chi connectivity index (χ3v) is 4.95. The Hall–Kier alpha value is -2.72. The first kappa shape index (κ1) is 25.5. The van der Waals surface area contributed by atoms with Crippen molar-refractivity contribution in [2.75, 3.05) is 6.61 Å². The van der Waals surface area contributed by atoms with Crippen LogP contribution >= 0.6 is 0 Å². The second kappa shape index (κ2) is 10.3. The van der Waals surface area contributed by atoms with E-state index < -0.39 is 24.1 Å². The molecule has 1 unspecified atom stereocenters. The Balaban J connectivity index is 2.56. The molecule has 2 N–H and O–H groups in total. The number of aromatic nitrogens is 2. The smallest absolute Gasteiger partial charge is 0.462 e. The zero-order valence-corrected chi connectivity index (χ0v) is 19.4. The quantitative estimate of drug-likeness (QED) is 0.458. The Morgan fingerprint density at radius 2 is 1.91 bits per heavy atom. The average molecular weight is 446 g/mol. The normalized spacial score (nSPS) is 12.7. The summed E-state index contributed by atoms with van der Waals surface area (Å²) in [5, 5.41) is 19.0. The summed E-state index contributed by atoms with van der Waals surface area (Å²) < 4.78 is 12.1. The van der Waals surface area contributed by atoms with Crippen molar-refractivity contribution in [2.45, 2.75) is 60.1 Å². The Bertz CT molecular complexity index is 1040. The van der Waals surface area contributed by atoms with Gasteiger partial charge in [-0.1, -0.05) is 13.8 Å². The van der Waals surface area contributed by atoms with E-state index in [1.54, 1.807) is 32.3 Å². The summed E-state index contributed by atoms with van der Waals surface area (Å²) >= 11 is 0. The summed E-state index contributed by atoms with van der Waals surface area (Å²) in [7, 11) is -1.82. The van der Waals surface area contributed by atoms with Gasteiger partial charge in [-0.05, 0) is 45.6 Å². The minimum absolute atomic E-state index is 0.0244. The third kappa shape index (κ3) is 6.40. The molecule has 0 fully saturated rings. The van der Waals surface area contributed by atoms with E-state index in [2.05, 4.69) is 4.98 Å². The monoisotopic (exact) mass is 446 g/mol. The minimum Gasteiger partial charge on any atom is -0.462 e. The van der Waals surface area contributed by atoms with Gasteiger partial charge in [0.1, 0.15) is 16.8 Å². The number of ether oxygens (including phenoxy) is 2. The first-order chi connectivity index (χ1) is 14.8. The molecule has 32 heavy (non-hydrogen) atoms. The minimum atomic E-state index is -1.82. The predicted octanol–water partition coefficient (Wildman–Crippen LogP) is 1.26. The molecule has 10 heteroatoms. The molecule has 2 rings (SSSR count). The first-order valence-corrected chi connectivity index (χ1v) is 10.6. The largest absolute Gasteiger partial charge is 0.490 e. The van der Waals surface area contributed by atoms with E-state index in [4.69, 9.17) is 9.47 Å². The highest BCUT2D eigenvalue weighted by molar-refractivity contribution is 6.58. The van der Waals surface area contributed by atoms with Gasteiger partial charge in [-0.25, -0.2) is 9.78 Å². The van der Waals surface area contributed by atoms with E-state index in [1.165, 1.54) is 18.5 Å². The van der Waals surface area contributed by atoms with Crippen molar-refractivity contribution in [2.24, 2.45) is 11.8 Å². The number of hydrogen-bond acceptors (Lipinski definition) is 8. The second-order valence-corrected chi connectivity index (χ2v) is 9.05. The molecule has 0 bridgehead atoms. The van der Waals surface area contributed by atoms with E-state index in [9.17, 15) is 24.4 Å². The van der Waals surface area contributed by atoms with Gasteiger partial charge in [0.15, 0.2) is 0 Å². The summed E-state index contributed by atoms with van der Waals surface area (Å²) in [6.07, 6.45) is 2.78. The average Bonchev–Trinajstić information content (AvgIpc) is 2.67. The molecule has 2 aromatic heterocycles. The van der Waals surface area contributed by atoms with E-state index in [1.807, 2.05) is 13.8 Å². The summed E-state index contributed by atoms with van der Waals surface area (Å²) in [5.74, 6) is -1.21. The van der Waals surface area contributed by atoms with Crippen molar-refractivity contribution < 1.29 is 29.1 Å². The molecule has 0 saturated heterocycles. The number of nitrogens with zero attached hydrogens (tertiary/aromatic N) is 2. The maximum atomic E-state index is 12.9. The molecule has 0 spiro atoms. The maximum absolute atomic E-state index is 12.9. The molecule has 0 aromatic carbocycles. The SMILES string of the molecule is CCOC(=O)c1cn(CC(CC(=O)OC(C)(C)C)C(C)C)c2ncc(B(O)O)cc2c1=O. The van der Waals surface area contributed by atoms with Crippen LogP contribution in [0.5, 0.6) is 0 Å². The molecule has 0 aliphatic carbocycles. The number of esters is 2. The predicted molar refractivity (Wildman–Crippen MR) is 121 cm³/mol. The molecule has 0 amide bonds. The molecule has 2 aromatic rings. The van der Waals surface area contributed by atoms with Crippen molar-refractivity contribution in [3.05, 3.63) is 34.2 Å². The zero-order valence-electron chi connectivity index (χ0n) is 19.4. The van der Waals surface area contributed by atoms with Gasteiger partial charge >= 0.3 is 19.1 Å². The fourth-order valence-electron chi connectivity index (χ4n) is 3.29. The van der Waals surface area contributed by atoms with Gasteiger partial charge in [0.25, 0.3) is 0 Å². The Morgan fingerprint density at radius 3 is 2.44 bits per heavy atom. The number of pyridine rings is 2. The van der Waals surface area contributed by atoms with Crippen LogP contribution in [0.15, 0.2) is 23.3 Å². The van der Waals surface area contributed by atoms with Crippen LogP contribution in [0.3, 0.4) is 0 Å². The van der Waals surface area contributed by atoms with E-state index in [0.717, 1.165) is 0 Å². The molecule has 9 nitrogen and oxygen atoms in total.